The number of benzene rings is 1. The number of aliphatic hydroxyl groups is 2. The van der Waals surface area contributed by atoms with E-state index in [0.717, 1.165) is 16.9 Å². The minimum atomic E-state index is -2.29. The smallest absolute Gasteiger partial charge is 0.337 e. The zero-order valence-electron chi connectivity index (χ0n) is 31.7. The Hall–Kier alpha value is -1.54. The molecule has 1 aromatic carbocycles. The maximum atomic E-state index is 12.2. The molecule has 0 unspecified atom stereocenters. The predicted molar refractivity (Wildman–Crippen MR) is 192 cm³/mol. The third-order valence-electron chi connectivity index (χ3n) is 10.2. The summed E-state index contributed by atoms with van der Waals surface area (Å²) in [7, 11) is -1.40. The minimum Gasteiger partial charge on any atom is -0.497 e. The van der Waals surface area contributed by atoms with Crippen molar-refractivity contribution in [3.8, 4) is 5.75 Å². The van der Waals surface area contributed by atoms with Gasteiger partial charge in [0.25, 0.3) is 0 Å². The Labute approximate surface area is 282 Å². The Bertz CT molecular complexity index is 1100. The maximum Gasteiger partial charge on any atom is 0.337 e. The van der Waals surface area contributed by atoms with Crippen molar-refractivity contribution in [3.63, 3.8) is 0 Å². The van der Waals surface area contributed by atoms with Crippen molar-refractivity contribution in [2.24, 2.45) is 17.8 Å². The number of aliphatic hydroxyl groups excluding tert-OH is 2. The van der Waals surface area contributed by atoms with Crippen molar-refractivity contribution in [2.45, 2.75) is 137 Å². The van der Waals surface area contributed by atoms with E-state index in [4.69, 9.17) is 23.1 Å². The molecule has 1 rings (SSSR count). The molecule has 7 atom stereocenters. The number of carbonyl (C=O) groups excluding carboxylic acids is 1. The van der Waals surface area contributed by atoms with Crippen molar-refractivity contribution in [2.75, 3.05) is 20.8 Å². The van der Waals surface area contributed by atoms with Crippen LogP contribution >= 0.6 is 0 Å². The van der Waals surface area contributed by atoms with Crippen molar-refractivity contribution in [1.29, 1.82) is 0 Å². The van der Waals surface area contributed by atoms with Gasteiger partial charge in [-0.15, -0.1) is 0 Å². The lowest BCUT2D eigenvalue weighted by Crippen LogP contribution is -2.51. The van der Waals surface area contributed by atoms with E-state index < -0.39 is 46.8 Å². The number of methoxy groups -OCH3 is 2. The first-order valence-corrected chi connectivity index (χ1v) is 22.4. The van der Waals surface area contributed by atoms with E-state index in [1.165, 1.54) is 7.11 Å². The molecule has 0 radical (unpaired) electrons. The number of ether oxygens (including phenoxy) is 3. The molecule has 266 valence electrons. The molecule has 10 heteroatoms. The molecule has 0 saturated heterocycles. The molecular formula is C36H66O8Si2. The fourth-order valence-corrected chi connectivity index (χ4v) is 7.37. The molecule has 0 amide bonds. The summed E-state index contributed by atoms with van der Waals surface area (Å²) in [4.78, 5) is 12.2. The van der Waals surface area contributed by atoms with Gasteiger partial charge >= 0.3 is 5.97 Å². The van der Waals surface area contributed by atoms with E-state index in [0.29, 0.717) is 6.61 Å². The molecule has 1 aromatic rings. The Morgan fingerprint density at radius 3 is 1.85 bits per heavy atom. The second-order valence-corrected chi connectivity index (χ2v) is 25.6. The quantitative estimate of drug-likeness (QED) is 0.0977. The summed E-state index contributed by atoms with van der Waals surface area (Å²) >= 11 is 0. The van der Waals surface area contributed by atoms with E-state index >= 15 is 0 Å². The molecule has 2 N–H and O–H groups in total. The summed E-state index contributed by atoms with van der Waals surface area (Å²) in [6.45, 7) is 31.4. The van der Waals surface area contributed by atoms with Gasteiger partial charge in [0, 0.05) is 18.4 Å². The standard InChI is InChI=1S/C36H66O8Si2/c1-24(22-43-45(13,14)35(5,6)7)21-25(2)32(44-46(15,16)36(8,9)10)27(4)33(26(3)30(37)31(38)34(39)41-12)42-23-28-17-19-29(40-11)20-18-28/h17-21,24,26-27,30-33,37-38H,22-23H2,1-16H3/b25-21+/t24-,26-,27+,30-,31+,32-,33+/m0/s1. The van der Waals surface area contributed by atoms with E-state index in [1.54, 1.807) is 14.0 Å². The van der Waals surface area contributed by atoms with E-state index in [-0.39, 0.29) is 34.6 Å². The van der Waals surface area contributed by atoms with E-state index in [1.807, 2.05) is 24.3 Å². The molecule has 0 bridgehead atoms. The van der Waals surface area contributed by atoms with Crippen molar-refractivity contribution < 1.29 is 38.1 Å². The number of rotatable bonds is 17. The topological polar surface area (TPSA) is 104 Å². The van der Waals surface area contributed by atoms with Crippen LogP contribution in [0, 0.1) is 17.8 Å². The van der Waals surface area contributed by atoms with Gasteiger partial charge in [0.15, 0.2) is 22.7 Å². The molecule has 0 aromatic heterocycles. The molecule has 0 saturated carbocycles. The lowest BCUT2D eigenvalue weighted by molar-refractivity contribution is -0.164. The van der Waals surface area contributed by atoms with Gasteiger partial charge in [-0.3, -0.25) is 0 Å². The molecule has 8 nitrogen and oxygen atoms in total. The Balaban J connectivity index is 3.58. The maximum absolute atomic E-state index is 12.2. The first kappa shape index (κ1) is 42.5. The molecule has 0 fully saturated rings. The molecule has 0 aliphatic carbocycles. The van der Waals surface area contributed by atoms with Crippen LogP contribution in [0.15, 0.2) is 35.9 Å². The summed E-state index contributed by atoms with van der Waals surface area (Å²) in [5.41, 5.74) is 2.00. The van der Waals surface area contributed by atoms with Crippen molar-refractivity contribution in [3.05, 3.63) is 41.5 Å². The number of hydrogen-bond acceptors (Lipinski definition) is 8. The Kier molecular flexibility index (Phi) is 15.9. The van der Waals surface area contributed by atoms with Crippen LogP contribution in [0.5, 0.6) is 5.75 Å². The summed E-state index contributed by atoms with van der Waals surface area (Å²) in [6.07, 6.45) is -1.81. The third kappa shape index (κ3) is 11.9. The highest BCUT2D eigenvalue weighted by molar-refractivity contribution is 6.74. The number of carbonyl (C=O) groups is 1. The average Bonchev–Trinajstić information content (AvgIpc) is 2.96. The van der Waals surface area contributed by atoms with Crippen LogP contribution in [0.4, 0.5) is 0 Å². The first-order valence-electron chi connectivity index (χ1n) is 16.6. The van der Waals surface area contributed by atoms with Crippen LogP contribution < -0.4 is 4.74 Å². The summed E-state index contributed by atoms with van der Waals surface area (Å²) in [6, 6.07) is 7.62. The lowest BCUT2D eigenvalue weighted by atomic mass is 9.82. The normalized spacial score (nSPS) is 18.3. The largest absolute Gasteiger partial charge is 0.497 e. The van der Waals surface area contributed by atoms with Crippen molar-refractivity contribution >= 4 is 22.6 Å². The van der Waals surface area contributed by atoms with Gasteiger partial charge in [-0.05, 0) is 72.4 Å². The Morgan fingerprint density at radius 1 is 0.870 bits per heavy atom. The molecule has 0 heterocycles. The minimum absolute atomic E-state index is 0.0477. The fraction of sp³-hybridized carbons (Fsp3) is 0.750. The molecule has 0 spiro atoms. The molecule has 0 aliphatic heterocycles. The highest BCUT2D eigenvalue weighted by Gasteiger charge is 2.45. The van der Waals surface area contributed by atoms with Gasteiger partial charge in [-0.25, -0.2) is 4.79 Å². The highest BCUT2D eigenvalue weighted by atomic mass is 28.4. The average molecular weight is 683 g/mol. The SMILES string of the molecule is COC(=O)[C@H](O)[C@@H](O)[C@H](C)[C@@H](OCc1ccc(OC)cc1)[C@H](C)[C@@H](O[Si](C)(C)C(C)(C)C)/C(C)=C/[C@H](C)CO[Si](C)(C)C(C)(C)C. The van der Waals surface area contributed by atoms with Gasteiger partial charge in [0.2, 0.25) is 0 Å². The lowest BCUT2D eigenvalue weighted by Gasteiger charge is -2.44. The predicted octanol–water partition coefficient (Wildman–Crippen LogP) is 7.74. The zero-order valence-corrected chi connectivity index (χ0v) is 33.7. The zero-order chi connectivity index (χ0) is 35.8. The van der Waals surface area contributed by atoms with Crippen LogP contribution in [-0.4, -0.2) is 78.1 Å². The fourth-order valence-electron chi connectivity index (χ4n) is 4.87. The van der Waals surface area contributed by atoms with E-state index in [9.17, 15) is 15.0 Å². The van der Waals surface area contributed by atoms with Crippen molar-refractivity contribution in [1.82, 2.24) is 0 Å². The molecular weight excluding hydrogens is 617 g/mol. The summed E-state index contributed by atoms with van der Waals surface area (Å²) < 4.78 is 30.4. The van der Waals surface area contributed by atoms with Gasteiger partial charge in [-0.1, -0.05) is 80.5 Å². The van der Waals surface area contributed by atoms with E-state index in [2.05, 4.69) is 94.6 Å². The van der Waals surface area contributed by atoms with Crippen LogP contribution in [-0.2, 0) is 29.7 Å². The second-order valence-electron chi connectivity index (χ2n) is 16.1. The Morgan fingerprint density at radius 2 is 1.39 bits per heavy atom. The van der Waals surface area contributed by atoms with Crippen LogP contribution in [0.25, 0.3) is 0 Å². The van der Waals surface area contributed by atoms with Gasteiger partial charge in [-0.2, -0.15) is 0 Å². The second kappa shape index (κ2) is 17.2. The van der Waals surface area contributed by atoms with Gasteiger partial charge < -0.3 is 33.3 Å². The first-order chi connectivity index (χ1) is 20.9. The summed E-state index contributed by atoms with van der Waals surface area (Å²) in [5.74, 6) is -0.892. The summed E-state index contributed by atoms with van der Waals surface area (Å²) in [5, 5.41) is 21.9. The molecule has 0 aliphatic rings. The van der Waals surface area contributed by atoms with Gasteiger partial charge in [0.1, 0.15) is 5.75 Å². The highest BCUT2D eigenvalue weighted by Crippen LogP contribution is 2.41. The van der Waals surface area contributed by atoms with Crippen LogP contribution in [0.1, 0.15) is 74.8 Å². The molecule has 46 heavy (non-hydrogen) atoms. The van der Waals surface area contributed by atoms with Gasteiger partial charge in [0.05, 0.1) is 39.1 Å². The third-order valence-corrected chi connectivity index (χ3v) is 19.1. The number of hydrogen-bond donors (Lipinski definition) is 2. The number of esters is 1. The van der Waals surface area contributed by atoms with Crippen LogP contribution in [0.2, 0.25) is 36.3 Å². The van der Waals surface area contributed by atoms with Crippen LogP contribution in [0.3, 0.4) is 0 Å². The monoisotopic (exact) mass is 682 g/mol.